The maximum Gasteiger partial charge on any atom is 0.351 e. The molecule has 0 bridgehead atoms. The molecule has 0 aliphatic carbocycles. The summed E-state index contributed by atoms with van der Waals surface area (Å²) in [5.74, 6) is -0.469. The number of nitrogens with zero attached hydrogens (tertiary/aromatic N) is 6. The topological polar surface area (TPSA) is 125 Å². The van der Waals surface area contributed by atoms with Gasteiger partial charge in [0.25, 0.3) is 5.56 Å². The van der Waals surface area contributed by atoms with E-state index >= 15 is 0 Å². The van der Waals surface area contributed by atoms with E-state index in [0.29, 0.717) is 26.3 Å². The molecule has 3 aromatic rings. The minimum Gasteiger partial charge on any atom is -0.378 e. The number of hydrogen-bond acceptors (Lipinski definition) is 8. The van der Waals surface area contributed by atoms with Crippen LogP contribution in [0.3, 0.4) is 0 Å². The Hall–Kier alpha value is -3.67. The predicted octanol–water partition coefficient (Wildman–Crippen LogP) is -0.0883. The Morgan fingerprint density at radius 2 is 1.87 bits per heavy atom. The van der Waals surface area contributed by atoms with Crippen LogP contribution in [0.15, 0.2) is 38.4 Å². The average molecular weight is 430 g/mol. The Morgan fingerprint density at radius 3 is 2.58 bits per heavy atom. The first-order valence-corrected chi connectivity index (χ1v) is 9.59. The van der Waals surface area contributed by atoms with Crippen molar-refractivity contribution < 1.29 is 18.4 Å². The van der Waals surface area contributed by atoms with Crippen LogP contribution in [0.2, 0.25) is 0 Å². The van der Waals surface area contributed by atoms with Gasteiger partial charge in [0, 0.05) is 33.0 Å². The summed E-state index contributed by atoms with van der Waals surface area (Å²) < 4.78 is 25.4. The van der Waals surface area contributed by atoms with Crippen LogP contribution < -0.4 is 11.2 Å². The monoisotopic (exact) mass is 430 g/mol. The molecule has 162 valence electrons. The second-order valence-corrected chi connectivity index (χ2v) is 6.89. The third kappa shape index (κ3) is 4.28. The zero-order chi connectivity index (χ0) is 22.0. The number of halogens is 1. The second-order valence-electron chi connectivity index (χ2n) is 6.89. The van der Waals surface area contributed by atoms with E-state index in [4.69, 9.17) is 9.26 Å². The lowest BCUT2D eigenvalue weighted by atomic mass is 10.2. The molecule has 0 saturated carbocycles. The van der Waals surface area contributed by atoms with Gasteiger partial charge in [0.15, 0.2) is 5.69 Å². The SMILES string of the molecule is Cn1c(=O)c(-c2noc(CCC(=O)N3CCOCC3)n2)nn(-c2ccc(F)cc2)c1=O. The fourth-order valence-electron chi connectivity index (χ4n) is 3.10. The van der Waals surface area contributed by atoms with Gasteiger partial charge in [-0.15, -0.1) is 0 Å². The molecule has 1 saturated heterocycles. The Balaban J connectivity index is 1.58. The van der Waals surface area contributed by atoms with Gasteiger partial charge in [-0.3, -0.25) is 14.2 Å². The van der Waals surface area contributed by atoms with Crippen molar-refractivity contribution in [3.63, 3.8) is 0 Å². The highest BCUT2D eigenvalue weighted by atomic mass is 19.1. The minimum absolute atomic E-state index is 0.0538. The first-order valence-electron chi connectivity index (χ1n) is 9.59. The fourth-order valence-corrected chi connectivity index (χ4v) is 3.10. The van der Waals surface area contributed by atoms with Crippen LogP contribution in [-0.4, -0.2) is 61.6 Å². The molecular weight excluding hydrogens is 411 g/mol. The van der Waals surface area contributed by atoms with Crippen LogP contribution in [-0.2, 0) is 23.0 Å². The molecule has 0 radical (unpaired) electrons. The van der Waals surface area contributed by atoms with E-state index in [9.17, 15) is 18.8 Å². The highest BCUT2D eigenvalue weighted by Gasteiger charge is 2.21. The lowest BCUT2D eigenvalue weighted by Gasteiger charge is -2.26. The van der Waals surface area contributed by atoms with Crippen LogP contribution in [0.1, 0.15) is 12.3 Å². The molecule has 1 aliphatic rings. The van der Waals surface area contributed by atoms with E-state index < -0.39 is 17.1 Å². The number of aryl methyl sites for hydroxylation is 1. The number of aromatic nitrogens is 5. The van der Waals surface area contributed by atoms with Crippen LogP contribution in [0.5, 0.6) is 0 Å². The quantitative estimate of drug-likeness (QED) is 0.550. The number of morpholine rings is 1. The summed E-state index contributed by atoms with van der Waals surface area (Å²) in [4.78, 5) is 43.1. The Kier molecular flexibility index (Phi) is 5.71. The molecule has 1 aromatic carbocycles. The summed E-state index contributed by atoms with van der Waals surface area (Å²) in [6.45, 7) is 2.10. The molecule has 0 spiro atoms. The third-order valence-corrected chi connectivity index (χ3v) is 4.84. The maximum atomic E-state index is 13.2. The maximum absolute atomic E-state index is 13.2. The summed E-state index contributed by atoms with van der Waals surface area (Å²) in [5.41, 5.74) is -1.36. The van der Waals surface area contributed by atoms with Gasteiger partial charge in [0.05, 0.1) is 18.9 Å². The molecule has 1 aliphatic heterocycles. The van der Waals surface area contributed by atoms with Crippen molar-refractivity contribution in [3.8, 4) is 17.2 Å². The first kappa shape index (κ1) is 20.6. The van der Waals surface area contributed by atoms with Crippen molar-refractivity contribution in [2.24, 2.45) is 7.05 Å². The number of hydrogen-bond donors (Lipinski definition) is 0. The van der Waals surface area contributed by atoms with E-state index in [1.165, 1.54) is 31.3 Å². The smallest absolute Gasteiger partial charge is 0.351 e. The minimum atomic E-state index is -0.708. The lowest BCUT2D eigenvalue weighted by molar-refractivity contribution is -0.135. The largest absolute Gasteiger partial charge is 0.378 e. The van der Waals surface area contributed by atoms with Gasteiger partial charge in [-0.05, 0) is 24.3 Å². The van der Waals surface area contributed by atoms with E-state index in [0.717, 1.165) is 9.25 Å². The summed E-state index contributed by atoms with van der Waals surface area (Å²) in [6.07, 6.45) is 0.364. The van der Waals surface area contributed by atoms with Crippen molar-refractivity contribution in [1.82, 2.24) is 29.4 Å². The van der Waals surface area contributed by atoms with Crippen LogP contribution >= 0.6 is 0 Å². The Labute approximate surface area is 174 Å². The average Bonchev–Trinajstić information content (AvgIpc) is 3.26. The van der Waals surface area contributed by atoms with E-state index in [1.54, 1.807) is 4.90 Å². The predicted molar refractivity (Wildman–Crippen MR) is 104 cm³/mol. The number of ether oxygens (including phenoxy) is 1. The molecule has 0 unspecified atom stereocenters. The number of benzene rings is 1. The first-order chi connectivity index (χ1) is 14.9. The van der Waals surface area contributed by atoms with E-state index in [-0.39, 0.29) is 41.8 Å². The fraction of sp³-hybridized carbons (Fsp3) is 0.368. The Bertz CT molecular complexity index is 1210. The molecule has 4 rings (SSSR count). The van der Waals surface area contributed by atoms with Crippen LogP contribution in [0.4, 0.5) is 4.39 Å². The van der Waals surface area contributed by atoms with Crippen molar-refractivity contribution in [3.05, 3.63) is 56.8 Å². The van der Waals surface area contributed by atoms with Gasteiger partial charge in [-0.2, -0.15) is 14.8 Å². The summed E-state index contributed by atoms with van der Waals surface area (Å²) in [5, 5.41) is 7.83. The van der Waals surface area contributed by atoms with Gasteiger partial charge < -0.3 is 14.2 Å². The van der Waals surface area contributed by atoms with Crippen LogP contribution in [0, 0.1) is 5.82 Å². The molecule has 11 nitrogen and oxygen atoms in total. The van der Waals surface area contributed by atoms with Crippen molar-refractivity contribution in [1.29, 1.82) is 0 Å². The van der Waals surface area contributed by atoms with Gasteiger partial charge in [0.2, 0.25) is 17.6 Å². The summed E-state index contributed by atoms with van der Waals surface area (Å²) >= 11 is 0. The van der Waals surface area contributed by atoms with E-state index in [2.05, 4.69) is 15.2 Å². The highest BCUT2D eigenvalue weighted by molar-refractivity contribution is 5.76. The van der Waals surface area contributed by atoms with Gasteiger partial charge in [-0.25, -0.2) is 9.18 Å². The molecule has 3 heterocycles. The zero-order valence-corrected chi connectivity index (χ0v) is 16.7. The van der Waals surface area contributed by atoms with Crippen LogP contribution in [0.25, 0.3) is 17.2 Å². The summed E-state index contributed by atoms with van der Waals surface area (Å²) in [7, 11) is 1.29. The number of carbonyl (C=O) groups excluding carboxylic acids is 1. The highest BCUT2D eigenvalue weighted by Crippen LogP contribution is 2.12. The molecular formula is C19H19FN6O5. The molecule has 31 heavy (non-hydrogen) atoms. The van der Waals surface area contributed by atoms with Gasteiger partial charge in [-0.1, -0.05) is 5.16 Å². The van der Waals surface area contributed by atoms with Crippen molar-refractivity contribution >= 4 is 5.91 Å². The lowest BCUT2D eigenvalue weighted by Crippen LogP contribution is -2.40. The third-order valence-electron chi connectivity index (χ3n) is 4.84. The molecule has 0 atom stereocenters. The van der Waals surface area contributed by atoms with E-state index in [1.807, 2.05) is 0 Å². The molecule has 1 amide bonds. The normalized spacial score (nSPS) is 14.1. The van der Waals surface area contributed by atoms with Crippen molar-refractivity contribution in [2.75, 3.05) is 26.3 Å². The molecule has 12 heteroatoms. The number of carbonyl (C=O) groups is 1. The van der Waals surface area contributed by atoms with Gasteiger partial charge in [0.1, 0.15) is 5.82 Å². The second kappa shape index (κ2) is 8.60. The van der Waals surface area contributed by atoms with Crippen molar-refractivity contribution in [2.45, 2.75) is 12.8 Å². The number of amides is 1. The molecule has 0 N–H and O–H groups in total. The molecule has 1 fully saturated rings. The summed E-state index contributed by atoms with van der Waals surface area (Å²) in [6, 6.07) is 5.06. The Morgan fingerprint density at radius 1 is 1.16 bits per heavy atom. The molecule has 2 aromatic heterocycles. The zero-order valence-electron chi connectivity index (χ0n) is 16.7. The standard InChI is InChI=1S/C19H19FN6O5/c1-24-18(28)16(22-26(19(24)29)13-4-2-12(20)3-5-13)17-21-14(31-23-17)6-7-15(27)25-8-10-30-11-9-25/h2-5H,6-11H2,1H3. The number of rotatable bonds is 5. The van der Waals surface area contributed by atoms with Gasteiger partial charge >= 0.3 is 5.69 Å².